The van der Waals surface area contributed by atoms with E-state index in [4.69, 9.17) is 5.73 Å². The van der Waals surface area contributed by atoms with Crippen LogP contribution in [-0.2, 0) is 7.05 Å². The fraction of sp³-hybridized carbons (Fsp3) is 0.667. The average molecular weight is 273 g/mol. The molecule has 18 heavy (non-hydrogen) atoms. The molecule has 5 nitrogen and oxygen atoms in total. The summed E-state index contributed by atoms with van der Waals surface area (Å²) in [5.41, 5.74) is 6.26. The van der Waals surface area contributed by atoms with Crippen molar-refractivity contribution in [1.29, 1.82) is 0 Å². The average Bonchev–Trinajstić information content (AvgIpc) is 2.76. The number of carbonyl (C=O) groups excluding carboxylic acids is 1. The molecular formula is C12H21ClN4O. The van der Waals surface area contributed by atoms with Gasteiger partial charge in [0.1, 0.15) is 0 Å². The van der Waals surface area contributed by atoms with Crippen molar-refractivity contribution in [3.05, 3.63) is 18.0 Å². The second-order valence-electron chi connectivity index (χ2n) is 4.74. The second-order valence-corrected chi connectivity index (χ2v) is 4.74. The molecular weight excluding hydrogens is 252 g/mol. The van der Waals surface area contributed by atoms with Crippen molar-refractivity contribution in [2.75, 3.05) is 19.6 Å². The third kappa shape index (κ3) is 3.46. The third-order valence-corrected chi connectivity index (χ3v) is 3.33. The standard InChI is InChI=1S/C12H20N4O.ClH/c1-15-9-11(7-14-15)12(17)16-6-2-3-10(8-16)4-5-13;/h7,9-10H,2-6,8,13H2,1H3;1H. The van der Waals surface area contributed by atoms with E-state index < -0.39 is 0 Å². The van der Waals surface area contributed by atoms with E-state index in [-0.39, 0.29) is 18.3 Å². The fourth-order valence-corrected chi connectivity index (χ4v) is 2.44. The number of aromatic nitrogens is 2. The van der Waals surface area contributed by atoms with Crippen LogP contribution in [-0.4, -0.2) is 40.2 Å². The number of nitrogens with zero attached hydrogens (tertiary/aromatic N) is 3. The first-order valence-corrected chi connectivity index (χ1v) is 6.18. The van der Waals surface area contributed by atoms with Gasteiger partial charge in [-0.3, -0.25) is 9.48 Å². The van der Waals surface area contributed by atoms with Crippen molar-refractivity contribution < 1.29 is 4.79 Å². The van der Waals surface area contributed by atoms with Crippen molar-refractivity contribution in [1.82, 2.24) is 14.7 Å². The summed E-state index contributed by atoms with van der Waals surface area (Å²) in [6.07, 6.45) is 6.69. The van der Waals surface area contributed by atoms with Crippen LogP contribution in [0.1, 0.15) is 29.6 Å². The van der Waals surface area contributed by atoms with Gasteiger partial charge >= 0.3 is 0 Å². The quantitative estimate of drug-likeness (QED) is 0.894. The summed E-state index contributed by atoms with van der Waals surface area (Å²) in [6.45, 7) is 2.40. The lowest BCUT2D eigenvalue weighted by molar-refractivity contribution is 0.0669. The van der Waals surface area contributed by atoms with E-state index in [1.807, 2.05) is 11.9 Å². The highest BCUT2D eigenvalue weighted by atomic mass is 35.5. The van der Waals surface area contributed by atoms with Crippen LogP contribution in [0.15, 0.2) is 12.4 Å². The summed E-state index contributed by atoms with van der Waals surface area (Å²) in [6, 6.07) is 0. The minimum Gasteiger partial charge on any atom is -0.338 e. The maximum Gasteiger partial charge on any atom is 0.257 e. The molecule has 1 amide bonds. The zero-order chi connectivity index (χ0) is 12.3. The van der Waals surface area contributed by atoms with Crippen LogP contribution in [0, 0.1) is 5.92 Å². The van der Waals surface area contributed by atoms with Crippen molar-refractivity contribution in [2.24, 2.45) is 18.7 Å². The molecule has 1 aliphatic heterocycles. The van der Waals surface area contributed by atoms with Gasteiger partial charge in [-0.1, -0.05) is 0 Å². The van der Waals surface area contributed by atoms with Gasteiger partial charge in [0.15, 0.2) is 0 Å². The molecule has 1 aromatic heterocycles. The highest BCUT2D eigenvalue weighted by Crippen LogP contribution is 2.20. The molecule has 0 spiro atoms. The Morgan fingerprint density at radius 3 is 3.00 bits per heavy atom. The summed E-state index contributed by atoms with van der Waals surface area (Å²) in [5.74, 6) is 0.661. The van der Waals surface area contributed by atoms with E-state index in [2.05, 4.69) is 5.10 Å². The van der Waals surface area contributed by atoms with E-state index in [1.54, 1.807) is 17.1 Å². The summed E-state index contributed by atoms with van der Waals surface area (Å²) < 4.78 is 1.66. The van der Waals surface area contributed by atoms with Gasteiger partial charge in [0, 0.05) is 26.3 Å². The number of amides is 1. The number of hydrogen-bond acceptors (Lipinski definition) is 3. The van der Waals surface area contributed by atoms with Crippen LogP contribution in [0.25, 0.3) is 0 Å². The number of likely N-dealkylation sites (tertiary alicyclic amines) is 1. The van der Waals surface area contributed by atoms with Crippen molar-refractivity contribution in [3.63, 3.8) is 0 Å². The van der Waals surface area contributed by atoms with Gasteiger partial charge in [-0.25, -0.2) is 0 Å². The molecule has 1 fully saturated rings. The van der Waals surface area contributed by atoms with E-state index in [9.17, 15) is 4.79 Å². The van der Waals surface area contributed by atoms with Crippen molar-refractivity contribution in [3.8, 4) is 0 Å². The molecule has 1 saturated heterocycles. The van der Waals surface area contributed by atoms with E-state index in [1.165, 1.54) is 6.42 Å². The topological polar surface area (TPSA) is 64.2 Å². The number of rotatable bonds is 3. The lowest BCUT2D eigenvalue weighted by Gasteiger charge is -2.32. The second kappa shape index (κ2) is 6.75. The molecule has 102 valence electrons. The molecule has 0 radical (unpaired) electrons. The monoisotopic (exact) mass is 272 g/mol. The number of aryl methyl sites for hydroxylation is 1. The third-order valence-electron chi connectivity index (χ3n) is 3.33. The highest BCUT2D eigenvalue weighted by molar-refractivity contribution is 5.93. The Balaban J connectivity index is 0.00000162. The molecule has 1 unspecified atom stereocenters. The maximum atomic E-state index is 12.2. The molecule has 2 rings (SSSR count). The van der Waals surface area contributed by atoms with E-state index in [0.717, 1.165) is 25.9 Å². The zero-order valence-corrected chi connectivity index (χ0v) is 11.5. The van der Waals surface area contributed by atoms with Crippen LogP contribution < -0.4 is 5.73 Å². The molecule has 0 aliphatic carbocycles. The molecule has 2 N–H and O–H groups in total. The van der Waals surface area contributed by atoms with Gasteiger partial charge in [0.2, 0.25) is 0 Å². The highest BCUT2D eigenvalue weighted by Gasteiger charge is 2.24. The maximum absolute atomic E-state index is 12.2. The Labute approximate surface area is 114 Å². The minimum absolute atomic E-state index is 0. The van der Waals surface area contributed by atoms with Gasteiger partial charge in [-0.15, -0.1) is 12.4 Å². The van der Waals surface area contributed by atoms with Gasteiger partial charge in [0.05, 0.1) is 11.8 Å². The number of piperidine rings is 1. The number of carbonyl (C=O) groups is 1. The van der Waals surface area contributed by atoms with E-state index >= 15 is 0 Å². The lowest BCUT2D eigenvalue weighted by atomic mass is 9.94. The Kier molecular flexibility index (Phi) is 5.62. The smallest absolute Gasteiger partial charge is 0.257 e. The molecule has 2 heterocycles. The molecule has 1 aliphatic rings. The van der Waals surface area contributed by atoms with Crippen LogP contribution in [0.5, 0.6) is 0 Å². The molecule has 1 aromatic rings. The minimum atomic E-state index is 0. The van der Waals surface area contributed by atoms with Gasteiger partial charge in [0.25, 0.3) is 5.91 Å². The Hall–Kier alpha value is -1.07. The largest absolute Gasteiger partial charge is 0.338 e. The number of hydrogen-bond donors (Lipinski definition) is 1. The van der Waals surface area contributed by atoms with Crippen LogP contribution in [0.2, 0.25) is 0 Å². The van der Waals surface area contributed by atoms with Gasteiger partial charge < -0.3 is 10.6 Å². The van der Waals surface area contributed by atoms with Gasteiger partial charge in [-0.2, -0.15) is 5.10 Å². The number of nitrogens with two attached hydrogens (primary N) is 1. The summed E-state index contributed by atoms with van der Waals surface area (Å²) in [5, 5.41) is 4.04. The molecule has 0 bridgehead atoms. The summed E-state index contributed by atoms with van der Waals surface area (Å²) in [7, 11) is 1.82. The van der Waals surface area contributed by atoms with E-state index in [0.29, 0.717) is 18.0 Å². The first-order valence-electron chi connectivity index (χ1n) is 6.18. The predicted octanol–water partition coefficient (Wildman–Crippen LogP) is 1.04. The number of halogens is 1. The predicted molar refractivity (Wildman–Crippen MR) is 72.8 cm³/mol. The SMILES string of the molecule is Cl.Cn1cc(C(=O)N2CCCC(CCN)C2)cn1. The van der Waals surface area contributed by atoms with Crippen LogP contribution in [0.4, 0.5) is 0 Å². The lowest BCUT2D eigenvalue weighted by Crippen LogP contribution is -2.40. The summed E-state index contributed by atoms with van der Waals surface area (Å²) >= 11 is 0. The summed E-state index contributed by atoms with van der Waals surface area (Å²) in [4.78, 5) is 14.1. The first kappa shape index (κ1) is 15.0. The zero-order valence-electron chi connectivity index (χ0n) is 10.7. The normalized spacial score (nSPS) is 19.4. The molecule has 0 saturated carbocycles. The van der Waals surface area contributed by atoms with Crippen molar-refractivity contribution in [2.45, 2.75) is 19.3 Å². The van der Waals surface area contributed by atoms with Crippen LogP contribution in [0.3, 0.4) is 0 Å². The molecule has 0 aromatic carbocycles. The molecule has 1 atom stereocenters. The first-order chi connectivity index (χ1) is 8.20. The van der Waals surface area contributed by atoms with Crippen LogP contribution >= 0.6 is 12.4 Å². The Bertz CT molecular complexity index is 391. The Morgan fingerprint density at radius 2 is 2.39 bits per heavy atom. The van der Waals surface area contributed by atoms with Crippen molar-refractivity contribution >= 4 is 18.3 Å². The molecule has 6 heteroatoms. The Morgan fingerprint density at radius 1 is 1.61 bits per heavy atom. The fourth-order valence-electron chi connectivity index (χ4n) is 2.44. The van der Waals surface area contributed by atoms with Gasteiger partial charge in [-0.05, 0) is 31.7 Å².